The van der Waals surface area contributed by atoms with E-state index >= 15 is 0 Å². The van der Waals surface area contributed by atoms with Gasteiger partial charge in [-0.3, -0.25) is 0 Å². The maximum absolute atomic E-state index is 5.88. The van der Waals surface area contributed by atoms with Crippen LogP contribution in [0, 0.1) is 0 Å². The lowest BCUT2D eigenvalue weighted by Gasteiger charge is -2.04. The van der Waals surface area contributed by atoms with Gasteiger partial charge in [0.05, 0.1) is 25.6 Å². The molecule has 0 fully saturated rings. The average molecular weight is 663 g/mol. The number of nitrogens with two attached hydrogens (primary N) is 2. The van der Waals surface area contributed by atoms with Gasteiger partial charge in [-0.2, -0.15) is 9.97 Å². The van der Waals surface area contributed by atoms with Crippen molar-refractivity contribution in [2.75, 3.05) is 11.5 Å². The summed E-state index contributed by atoms with van der Waals surface area (Å²) in [7, 11) is 0. The average Bonchev–Trinajstić information content (AvgIpc) is 3.97. The van der Waals surface area contributed by atoms with Gasteiger partial charge in [0.25, 0.3) is 0 Å². The molecule has 0 saturated heterocycles. The van der Waals surface area contributed by atoms with Crippen LogP contribution in [-0.2, 0) is 13.1 Å². The third-order valence-electron chi connectivity index (χ3n) is 8.17. The number of nitrogens with zero attached hydrogens (tertiary/aromatic N) is 10. The number of furan rings is 2. The van der Waals surface area contributed by atoms with Crippen molar-refractivity contribution in [3.05, 3.63) is 109 Å². The largest absolute Gasteiger partial charge is 0.463 e. The zero-order valence-corrected chi connectivity index (χ0v) is 26.1. The van der Waals surface area contributed by atoms with E-state index in [1.165, 1.54) is 5.39 Å². The summed E-state index contributed by atoms with van der Waals surface area (Å²) in [5, 5.41) is 19.2. The Labute approximate surface area is 280 Å². The van der Waals surface area contributed by atoms with Crippen LogP contribution in [0.1, 0.15) is 11.1 Å². The van der Waals surface area contributed by atoms with Crippen LogP contribution < -0.4 is 11.5 Å². The molecule has 6 N–H and O–H groups in total. The number of anilines is 2. The number of hydrogen-bond donors (Lipinski definition) is 4. The fourth-order valence-corrected chi connectivity index (χ4v) is 5.87. The van der Waals surface area contributed by atoms with Gasteiger partial charge >= 0.3 is 0 Å². The van der Waals surface area contributed by atoms with E-state index in [0.29, 0.717) is 58.3 Å². The third-order valence-corrected chi connectivity index (χ3v) is 8.17. The lowest BCUT2D eigenvalue weighted by Crippen LogP contribution is -2.05. The van der Waals surface area contributed by atoms with E-state index in [1.807, 2.05) is 36.7 Å². The Hall–Kier alpha value is -7.36. The van der Waals surface area contributed by atoms with Gasteiger partial charge in [-0.25, -0.2) is 19.3 Å². The van der Waals surface area contributed by atoms with Gasteiger partial charge in [-0.05, 0) is 76.5 Å². The molecule has 0 saturated carbocycles. The van der Waals surface area contributed by atoms with Gasteiger partial charge in [-0.15, -0.1) is 10.2 Å². The highest BCUT2D eigenvalue weighted by Gasteiger charge is 2.19. The van der Waals surface area contributed by atoms with Crippen LogP contribution in [0.25, 0.3) is 67.0 Å². The van der Waals surface area contributed by atoms with Crippen molar-refractivity contribution >= 4 is 56.0 Å². The molecule has 0 aliphatic heterocycles. The Morgan fingerprint density at radius 3 is 1.74 bits per heavy atom. The smallest absolute Gasteiger partial charge is 0.222 e. The Morgan fingerprint density at radius 1 is 0.580 bits per heavy atom. The summed E-state index contributed by atoms with van der Waals surface area (Å²) >= 11 is 0. The maximum atomic E-state index is 5.88. The Kier molecular flexibility index (Phi) is 6.75. The van der Waals surface area contributed by atoms with Crippen LogP contribution in [0.2, 0.25) is 0 Å². The summed E-state index contributed by atoms with van der Waals surface area (Å²) in [6.07, 6.45) is 7.00. The highest BCUT2D eigenvalue weighted by atomic mass is 16.3. The number of H-pyrrole nitrogens is 2. The minimum Gasteiger partial charge on any atom is -0.463 e. The second-order valence-corrected chi connectivity index (χ2v) is 11.5. The molecule has 16 heteroatoms. The molecule has 0 amide bonds. The van der Waals surface area contributed by atoms with E-state index in [4.69, 9.17) is 20.3 Å². The molecule has 50 heavy (non-hydrogen) atoms. The summed E-state index contributed by atoms with van der Waals surface area (Å²) in [5.74, 6) is 1.48. The van der Waals surface area contributed by atoms with Crippen LogP contribution >= 0.6 is 0 Å². The SMILES string of the molecule is Nc1nc(-c2ccco2)c2nnn(Cc3ccc4[nH]ccc4c3)c2n1.Nc1nc(-c2ccco2)c2nnn(Cc3ccc4cc[nH]c4c3)c2n1. The van der Waals surface area contributed by atoms with E-state index in [0.717, 1.165) is 27.5 Å². The number of aromatic nitrogens is 12. The quantitative estimate of drug-likeness (QED) is 0.181. The number of hydrogen-bond acceptors (Lipinski definition) is 12. The first kappa shape index (κ1) is 28.8. The zero-order chi connectivity index (χ0) is 33.6. The Bertz CT molecular complexity index is 2560. The molecular formula is C34H26N14O2. The van der Waals surface area contributed by atoms with Crippen molar-refractivity contribution in [2.45, 2.75) is 13.1 Å². The minimum absolute atomic E-state index is 0.155. The van der Waals surface area contributed by atoms with Crippen LogP contribution in [-0.4, -0.2) is 59.9 Å². The molecule has 10 aromatic rings. The predicted molar refractivity (Wildman–Crippen MR) is 185 cm³/mol. The fourth-order valence-electron chi connectivity index (χ4n) is 5.87. The lowest BCUT2D eigenvalue weighted by atomic mass is 10.1. The first-order chi connectivity index (χ1) is 24.6. The number of nitrogen functional groups attached to an aromatic ring is 2. The molecule has 8 heterocycles. The van der Waals surface area contributed by atoms with Gasteiger partial charge in [0, 0.05) is 23.4 Å². The number of aromatic amines is 2. The number of benzene rings is 2. The zero-order valence-electron chi connectivity index (χ0n) is 26.1. The van der Waals surface area contributed by atoms with Crippen LogP contribution in [0.15, 0.2) is 107 Å². The van der Waals surface area contributed by atoms with Crippen molar-refractivity contribution in [1.82, 2.24) is 59.9 Å². The monoisotopic (exact) mass is 662 g/mol. The van der Waals surface area contributed by atoms with Crippen molar-refractivity contribution in [3.63, 3.8) is 0 Å². The van der Waals surface area contributed by atoms with Gasteiger partial charge in [0.2, 0.25) is 11.9 Å². The molecule has 0 aliphatic carbocycles. The summed E-state index contributed by atoms with van der Waals surface area (Å²) in [5.41, 5.74) is 19.5. The maximum Gasteiger partial charge on any atom is 0.222 e. The highest BCUT2D eigenvalue weighted by Crippen LogP contribution is 2.27. The standard InChI is InChI=1S/2C17H13N7O/c18-17-20-14(13-2-1-7-25-13)15-16(21-17)24(23-22-15)9-10-3-4-12-11(8-10)5-6-19-12;18-17-20-14(13-2-1-7-25-13)15-16(21-17)24(23-22-15)9-10-3-4-11-5-6-19-12(11)8-10/h2*1-8,19H,9H2,(H2,18,20,21). The molecule has 2 aromatic carbocycles. The highest BCUT2D eigenvalue weighted by molar-refractivity contribution is 5.87. The fraction of sp³-hybridized carbons (Fsp3) is 0.0588. The minimum atomic E-state index is 0.155. The van der Waals surface area contributed by atoms with Gasteiger partial charge in [0.1, 0.15) is 11.4 Å². The lowest BCUT2D eigenvalue weighted by molar-refractivity contribution is 0.580. The van der Waals surface area contributed by atoms with E-state index < -0.39 is 0 Å². The molecule has 8 aromatic heterocycles. The van der Waals surface area contributed by atoms with Gasteiger partial charge in [0.15, 0.2) is 33.8 Å². The summed E-state index contributed by atoms with van der Waals surface area (Å²) in [6, 6.07) is 23.7. The van der Waals surface area contributed by atoms with Crippen molar-refractivity contribution < 1.29 is 8.83 Å². The van der Waals surface area contributed by atoms with Crippen molar-refractivity contribution in [1.29, 1.82) is 0 Å². The topological polar surface area (TPSA) is 223 Å². The van der Waals surface area contributed by atoms with E-state index in [9.17, 15) is 0 Å². The normalized spacial score (nSPS) is 11.5. The molecule has 0 spiro atoms. The molecule has 0 bridgehead atoms. The summed E-state index contributed by atoms with van der Waals surface area (Å²) < 4.78 is 14.3. The second-order valence-electron chi connectivity index (χ2n) is 11.5. The molecule has 0 aliphatic rings. The van der Waals surface area contributed by atoms with Gasteiger partial charge < -0.3 is 30.3 Å². The first-order valence-corrected chi connectivity index (χ1v) is 15.5. The molecule has 10 rings (SSSR count). The molecule has 16 nitrogen and oxygen atoms in total. The molecule has 0 radical (unpaired) electrons. The first-order valence-electron chi connectivity index (χ1n) is 15.5. The van der Waals surface area contributed by atoms with Crippen LogP contribution in [0.5, 0.6) is 0 Å². The number of rotatable bonds is 6. The third kappa shape index (κ3) is 5.22. The second kappa shape index (κ2) is 11.7. The van der Waals surface area contributed by atoms with Crippen molar-refractivity contribution in [2.24, 2.45) is 0 Å². The van der Waals surface area contributed by atoms with Crippen LogP contribution in [0.3, 0.4) is 0 Å². The van der Waals surface area contributed by atoms with Gasteiger partial charge in [-0.1, -0.05) is 28.6 Å². The predicted octanol–water partition coefficient (Wildman–Crippen LogP) is 5.19. The van der Waals surface area contributed by atoms with E-state index in [1.54, 1.807) is 46.2 Å². The van der Waals surface area contributed by atoms with E-state index in [-0.39, 0.29) is 11.9 Å². The van der Waals surface area contributed by atoms with E-state index in [2.05, 4.69) is 74.8 Å². The molecule has 0 unspecified atom stereocenters. The number of nitrogens with one attached hydrogen (secondary N) is 2. The van der Waals surface area contributed by atoms with Crippen molar-refractivity contribution in [3.8, 4) is 22.9 Å². The Balaban J connectivity index is 0.000000135. The summed E-state index contributed by atoms with van der Waals surface area (Å²) in [6.45, 7) is 1.06. The molecule has 0 atom stereocenters. The molecular weight excluding hydrogens is 636 g/mol. The molecule has 244 valence electrons. The van der Waals surface area contributed by atoms with Crippen LogP contribution in [0.4, 0.5) is 11.9 Å². The Morgan fingerprint density at radius 2 is 1.14 bits per heavy atom. The number of fused-ring (bicyclic) bond motifs is 4. The summed E-state index contributed by atoms with van der Waals surface area (Å²) in [4.78, 5) is 23.5.